The lowest BCUT2D eigenvalue weighted by molar-refractivity contribution is 0.585. The van der Waals surface area contributed by atoms with Crippen molar-refractivity contribution in [2.24, 2.45) is 5.73 Å². The van der Waals surface area contributed by atoms with Crippen molar-refractivity contribution in [3.05, 3.63) is 29.8 Å². The van der Waals surface area contributed by atoms with Gasteiger partial charge in [0.15, 0.2) is 0 Å². The Labute approximate surface area is 106 Å². The minimum atomic E-state index is 0.142. The van der Waals surface area contributed by atoms with Crippen LogP contribution in [0.2, 0.25) is 0 Å². The molecule has 0 fully saturated rings. The van der Waals surface area contributed by atoms with E-state index in [-0.39, 0.29) is 6.04 Å². The molecule has 1 aromatic carbocycles. The zero-order chi connectivity index (χ0) is 12.8. The van der Waals surface area contributed by atoms with Crippen molar-refractivity contribution in [3.8, 4) is 0 Å². The van der Waals surface area contributed by atoms with Gasteiger partial charge >= 0.3 is 0 Å². The van der Waals surface area contributed by atoms with Gasteiger partial charge in [-0.05, 0) is 30.9 Å². The van der Waals surface area contributed by atoms with Gasteiger partial charge in [-0.15, -0.1) is 0 Å². The lowest BCUT2D eigenvalue weighted by atomic mass is 10.0. The first-order chi connectivity index (χ1) is 8.15. The third-order valence-electron chi connectivity index (χ3n) is 3.65. The molecular weight excluding hydrogens is 208 g/mol. The number of anilines is 1. The summed E-state index contributed by atoms with van der Waals surface area (Å²) in [5, 5.41) is 0. The summed E-state index contributed by atoms with van der Waals surface area (Å²) in [6.45, 7) is 6.62. The van der Waals surface area contributed by atoms with E-state index in [9.17, 15) is 0 Å². The van der Waals surface area contributed by atoms with E-state index in [4.69, 9.17) is 5.73 Å². The smallest absolute Gasteiger partial charge is 0.0414 e. The molecule has 96 valence electrons. The van der Waals surface area contributed by atoms with Gasteiger partial charge in [-0.1, -0.05) is 39.0 Å². The van der Waals surface area contributed by atoms with Crippen LogP contribution in [0.4, 0.5) is 5.69 Å². The van der Waals surface area contributed by atoms with E-state index < -0.39 is 0 Å². The Kier molecular flexibility index (Phi) is 5.49. The minimum Gasteiger partial charge on any atom is -0.371 e. The lowest BCUT2D eigenvalue weighted by Gasteiger charge is -2.31. The molecule has 0 aromatic heterocycles. The number of benzene rings is 1. The Hall–Kier alpha value is -1.02. The maximum absolute atomic E-state index is 6.19. The molecule has 0 amide bonds. The first kappa shape index (κ1) is 14.0. The first-order valence-corrected chi connectivity index (χ1v) is 6.72. The highest BCUT2D eigenvalue weighted by molar-refractivity contribution is 5.55. The molecule has 0 aliphatic heterocycles. The summed E-state index contributed by atoms with van der Waals surface area (Å²) >= 11 is 0. The molecule has 0 bridgehead atoms. The van der Waals surface area contributed by atoms with Crippen LogP contribution in [-0.4, -0.2) is 13.1 Å². The average molecular weight is 234 g/mol. The molecule has 0 heterocycles. The fraction of sp³-hybridized carbons (Fsp3) is 0.600. The van der Waals surface area contributed by atoms with Crippen molar-refractivity contribution in [2.75, 3.05) is 11.9 Å². The maximum Gasteiger partial charge on any atom is 0.0414 e. The van der Waals surface area contributed by atoms with Gasteiger partial charge in [0.05, 0.1) is 0 Å². The van der Waals surface area contributed by atoms with E-state index in [2.05, 4.69) is 57.0 Å². The summed E-state index contributed by atoms with van der Waals surface area (Å²) in [5.41, 5.74) is 8.74. The third-order valence-corrected chi connectivity index (χ3v) is 3.65. The van der Waals surface area contributed by atoms with Crippen molar-refractivity contribution >= 4 is 5.69 Å². The molecule has 1 atom stereocenters. The Bertz CT molecular complexity index is 331. The van der Waals surface area contributed by atoms with Crippen LogP contribution in [0.15, 0.2) is 24.3 Å². The van der Waals surface area contributed by atoms with Crippen molar-refractivity contribution in [1.82, 2.24) is 0 Å². The quantitative estimate of drug-likeness (QED) is 0.813. The molecule has 0 spiro atoms. The summed E-state index contributed by atoms with van der Waals surface area (Å²) in [6, 6.07) is 9.25. The van der Waals surface area contributed by atoms with Gasteiger partial charge in [-0.25, -0.2) is 0 Å². The van der Waals surface area contributed by atoms with Crippen molar-refractivity contribution in [1.29, 1.82) is 0 Å². The van der Waals surface area contributed by atoms with Crippen molar-refractivity contribution in [2.45, 2.75) is 52.1 Å². The topological polar surface area (TPSA) is 29.3 Å². The summed E-state index contributed by atoms with van der Waals surface area (Å²) in [5.74, 6) is 0. The van der Waals surface area contributed by atoms with Gasteiger partial charge in [-0.2, -0.15) is 0 Å². The second-order valence-corrected chi connectivity index (χ2v) is 4.65. The first-order valence-electron chi connectivity index (χ1n) is 6.72. The number of rotatable bonds is 6. The van der Waals surface area contributed by atoms with E-state index in [0.29, 0.717) is 6.04 Å². The number of hydrogen-bond donors (Lipinski definition) is 1. The highest BCUT2D eigenvalue weighted by Gasteiger charge is 2.16. The molecule has 0 radical (unpaired) electrons. The fourth-order valence-electron chi connectivity index (χ4n) is 2.38. The Balaban J connectivity index is 3.03. The zero-order valence-corrected chi connectivity index (χ0v) is 11.6. The molecular formula is C15H26N2. The summed E-state index contributed by atoms with van der Waals surface area (Å²) < 4.78 is 0. The Morgan fingerprint density at radius 3 is 2.18 bits per heavy atom. The molecule has 2 nitrogen and oxygen atoms in total. The number of nitrogens with two attached hydrogens (primary N) is 1. The average Bonchev–Trinajstić information content (AvgIpc) is 2.39. The molecule has 0 aliphatic carbocycles. The van der Waals surface area contributed by atoms with E-state index in [1.165, 1.54) is 24.1 Å². The Morgan fingerprint density at radius 1 is 1.06 bits per heavy atom. The van der Waals surface area contributed by atoms with E-state index in [1.54, 1.807) is 0 Å². The van der Waals surface area contributed by atoms with Gasteiger partial charge in [0, 0.05) is 24.8 Å². The SMILES string of the molecule is CCC(CC)N(C)c1ccccc1[C@@H](N)CC. The van der Waals surface area contributed by atoms with Crippen LogP contribution in [0, 0.1) is 0 Å². The number of hydrogen-bond acceptors (Lipinski definition) is 2. The van der Waals surface area contributed by atoms with Crippen LogP contribution in [0.1, 0.15) is 51.6 Å². The predicted molar refractivity (Wildman–Crippen MR) is 76.4 cm³/mol. The van der Waals surface area contributed by atoms with Crippen LogP contribution in [0.25, 0.3) is 0 Å². The van der Waals surface area contributed by atoms with E-state index >= 15 is 0 Å². The van der Waals surface area contributed by atoms with Crippen LogP contribution in [0.3, 0.4) is 0 Å². The molecule has 2 N–H and O–H groups in total. The van der Waals surface area contributed by atoms with Crippen LogP contribution >= 0.6 is 0 Å². The minimum absolute atomic E-state index is 0.142. The normalized spacial score (nSPS) is 12.8. The van der Waals surface area contributed by atoms with E-state index in [0.717, 1.165) is 6.42 Å². The van der Waals surface area contributed by atoms with Gasteiger partial charge in [0.1, 0.15) is 0 Å². The molecule has 1 aromatic rings. The summed E-state index contributed by atoms with van der Waals surface area (Å²) in [4.78, 5) is 2.38. The monoisotopic (exact) mass is 234 g/mol. The van der Waals surface area contributed by atoms with Crippen LogP contribution in [-0.2, 0) is 0 Å². The highest BCUT2D eigenvalue weighted by atomic mass is 15.1. The molecule has 17 heavy (non-hydrogen) atoms. The molecule has 1 rings (SSSR count). The van der Waals surface area contributed by atoms with Gasteiger partial charge < -0.3 is 10.6 Å². The van der Waals surface area contributed by atoms with Crippen LogP contribution in [0.5, 0.6) is 0 Å². The standard InChI is InChI=1S/C15H26N2/c1-5-12(6-2)17(4)15-11-9-8-10-13(15)14(16)7-3/h8-12,14H,5-7,16H2,1-4H3/t14-/m0/s1. The second-order valence-electron chi connectivity index (χ2n) is 4.65. The molecule has 0 saturated carbocycles. The molecule has 2 heteroatoms. The highest BCUT2D eigenvalue weighted by Crippen LogP contribution is 2.28. The summed E-state index contributed by atoms with van der Waals surface area (Å²) in [7, 11) is 2.18. The van der Waals surface area contributed by atoms with Gasteiger partial charge in [0.2, 0.25) is 0 Å². The second kappa shape index (κ2) is 6.65. The van der Waals surface area contributed by atoms with Crippen molar-refractivity contribution in [3.63, 3.8) is 0 Å². The summed E-state index contributed by atoms with van der Waals surface area (Å²) in [6.07, 6.45) is 3.32. The predicted octanol–water partition coefficient (Wildman–Crippen LogP) is 3.72. The maximum atomic E-state index is 6.19. The fourth-order valence-corrected chi connectivity index (χ4v) is 2.38. The third kappa shape index (κ3) is 3.22. The van der Waals surface area contributed by atoms with Gasteiger partial charge in [0.25, 0.3) is 0 Å². The molecule has 0 unspecified atom stereocenters. The molecule has 0 saturated heterocycles. The van der Waals surface area contributed by atoms with E-state index in [1.807, 2.05) is 0 Å². The largest absolute Gasteiger partial charge is 0.371 e. The Morgan fingerprint density at radius 2 is 1.65 bits per heavy atom. The van der Waals surface area contributed by atoms with Crippen molar-refractivity contribution < 1.29 is 0 Å². The lowest BCUT2D eigenvalue weighted by Crippen LogP contribution is -2.31. The zero-order valence-electron chi connectivity index (χ0n) is 11.6. The molecule has 0 aliphatic rings. The van der Waals surface area contributed by atoms with Gasteiger partial charge in [-0.3, -0.25) is 0 Å². The number of nitrogens with zero attached hydrogens (tertiary/aromatic N) is 1. The number of para-hydroxylation sites is 1. The van der Waals surface area contributed by atoms with Crippen LogP contribution < -0.4 is 10.6 Å².